The highest BCUT2D eigenvalue weighted by atomic mass is 19.4. The summed E-state index contributed by atoms with van der Waals surface area (Å²) in [5, 5.41) is 2.15. The van der Waals surface area contributed by atoms with E-state index in [0.29, 0.717) is 30.6 Å². The molecule has 0 aliphatic heterocycles. The summed E-state index contributed by atoms with van der Waals surface area (Å²) >= 11 is 0. The minimum atomic E-state index is -5.08. The number of carbonyl (C=O) groups excluding carboxylic acids is 2. The van der Waals surface area contributed by atoms with E-state index in [1.807, 2.05) is 0 Å². The number of hydrogen-bond donors (Lipinski definition) is 1. The molecule has 5 nitrogen and oxygen atoms in total. The van der Waals surface area contributed by atoms with Crippen LogP contribution in [0.3, 0.4) is 0 Å². The van der Waals surface area contributed by atoms with E-state index in [1.165, 1.54) is 7.11 Å². The molecule has 0 bridgehead atoms. The van der Waals surface area contributed by atoms with E-state index in [9.17, 15) is 22.8 Å². The molecule has 1 aliphatic rings. The van der Waals surface area contributed by atoms with E-state index < -0.39 is 29.7 Å². The molecule has 0 unspecified atom stereocenters. The fourth-order valence-electron chi connectivity index (χ4n) is 3.88. The van der Waals surface area contributed by atoms with Crippen molar-refractivity contribution in [2.24, 2.45) is 0 Å². The molecule has 2 aromatic carbocycles. The second kappa shape index (κ2) is 8.77. The van der Waals surface area contributed by atoms with Crippen molar-refractivity contribution in [3.63, 3.8) is 0 Å². The molecule has 0 spiro atoms. The Hall–Kier alpha value is -3.03. The third-order valence-electron chi connectivity index (χ3n) is 5.28. The van der Waals surface area contributed by atoms with Crippen molar-refractivity contribution in [3.8, 4) is 5.75 Å². The maximum absolute atomic E-state index is 13.2. The maximum atomic E-state index is 13.2. The number of methoxy groups -OCH3 is 1. The molecule has 0 heterocycles. The van der Waals surface area contributed by atoms with Crippen molar-refractivity contribution in [1.82, 2.24) is 5.32 Å². The Morgan fingerprint density at radius 3 is 2.37 bits per heavy atom. The molecular weight excluding hydrogens is 399 g/mol. The topological polar surface area (TPSA) is 64.6 Å². The first-order valence-electron chi connectivity index (χ1n) is 9.57. The molecule has 1 N–H and O–H groups in total. The Bertz CT molecular complexity index is 901. The van der Waals surface area contributed by atoms with Crippen molar-refractivity contribution in [2.75, 3.05) is 7.11 Å². The first kappa shape index (κ1) is 21.7. The van der Waals surface area contributed by atoms with Crippen LogP contribution in [0.25, 0.3) is 0 Å². The summed E-state index contributed by atoms with van der Waals surface area (Å²) in [4.78, 5) is 24.7. The standard InChI is InChI=1S/C22H22F3NO4/c1-29-17-12-6-5-11-16(17)21(26-20(28)22(23,24)25)14-8-7-13-18(21)30-19(27)15-9-3-2-4-10-15/h2-6,9-12,18H,7-8,13-14H2,1H3,(H,26,28)/t18-,21-/m0/s1. The van der Waals surface area contributed by atoms with Gasteiger partial charge in [-0.05, 0) is 37.5 Å². The van der Waals surface area contributed by atoms with Crippen LogP contribution in [0.1, 0.15) is 41.6 Å². The second-order valence-electron chi connectivity index (χ2n) is 7.13. The second-order valence-corrected chi connectivity index (χ2v) is 7.13. The molecule has 1 aliphatic carbocycles. The van der Waals surface area contributed by atoms with E-state index in [2.05, 4.69) is 5.32 Å². The minimum absolute atomic E-state index is 0.169. The molecule has 8 heteroatoms. The van der Waals surface area contributed by atoms with Gasteiger partial charge in [0.1, 0.15) is 17.4 Å². The van der Waals surface area contributed by atoms with Gasteiger partial charge < -0.3 is 14.8 Å². The van der Waals surface area contributed by atoms with Gasteiger partial charge in [-0.25, -0.2) is 4.79 Å². The predicted octanol–water partition coefficient (Wildman–Crippen LogP) is 4.37. The smallest absolute Gasteiger partial charge is 0.471 e. The first-order chi connectivity index (χ1) is 14.3. The van der Waals surface area contributed by atoms with Crippen LogP contribution in [0.15, 0.2) is 54.6 Å². The van der Waals surface area contributed by atoms with Gasteiger partial charge in [-0.3, -0.25) is 4.79 Å². The lowest BCUT2D eigenvalue weighted by molar-refractivity contribution is -0.178. The Kier molecular flexibility index (Phi) is 6.34. The summed E-state index contributed by atoms with van der Waals surface area (Å²) in [5.74, 6) is -2.44. The van der Waals surface area contributed by atoms with Crippen molar-refractivity contribution in [2.45, 2.75) is 43.5 Å². The van der Waals surface area contributed by atoms with Gasteiger partial charge in [0.2, 0.25) is 0 Å². The summed E-state index contributed by atoms with van der Waals surface area (Å²) in [5.41, 5.74) is -0.947. The summed E-state index contributed by atoms with van der Waals surface area (Å²) in [6, 6.07) is 14.7. The fourth-order valence-corrected chi connectivity index (χ4v) is 3.88. The highest BCUT2D eigenvalue weighted by Gasteiger charge is 2.51. The number of nitrogens with one attached hydrogen (secondary N) is 1. The van der Waals surface area contributed by atoms with Gasteiger partial charge in [0.15, 0.2) is 0 Å². The maximum Gasteiger partial charge on any atom is 0.471 e. The number of halogens is 3. The number of benzene rings is 2. The van der Waals surface area contributed by atoms with Crippen LogP contribution in [0.4, 0.5) is 13.2 Å². The zero-order valence-electron chi connectivity index (χ0n) is 16.4. The molecule has 2 aromatic rings. The molecule has 0 saturated heterocycles. The predicted molar refractivity (Wildman–Crippen MR) is 103 cm³/mol. The summed E-state index contributed by atoms with van der Waals surface area (Å²) in [6.45, 7) is 0. The van der Waals surface area contributed by atoms with Crippen LogP contribution in [0.2, 0.25) is 0 Å². The summed E-state index contributed by atoms with van der Waals surface area (Å²) in [6.07, 6.45) is -4.42. The van der Waals surface area contributed by atoms with Crippen LogP contribution in [-0.4, -0.2) is 31.3 Å². The van der Waals surface area contributed by atoms with Crippen molar-refractivity contribution in [1.29, 1.82) is 0 Å². The Balaban J connectivity index is 2.05. The average Bonchev–Trinajstić information content (AvgIpc) is 2.75. The molecule has 1 amide bonds. The molecule has 160 valence electrons. The lowest BCUT2D eigenvalue weighted by Crippen LogP contribution is -2.59. The van der Waals surface area contributed by atoms with Gasteiger partial charge >= 0.3 is 18.1 Å². The zero-order chi connectivity index (χ0) is 21.8. The largest absolute Gasteiger partial charge is 0.496 e. The van der Waals surface area contributed by atoms with Crippen molar-refractivity contribution >= 4 is 11.9 Å². The van der Waals surface area contributed by atoms with E-state index in [1.54, 1.807) is 54.6 Å². The molecule has 1 fully saturated rings. The third kappa shape index (κ3) is 4.42. The number of amides is 1. The van der Waals surface area contributed by atoms with Crippen LogP contribution >= 0.6 is 0 Å². The van der Waals surface area contributed by atoms with Gasteiger partial charge in [0.05, 0.1) is 12.7 Å². The SMILES string of the molecule is COc1ccccc1[C@@]1(NC(=O)C(F)(F)F)CCCC[C@@H]1OC(=O)c1ccccc1. The Morgan fingerprint density at radius 2 is 1.70 bits per heavy atom. The van der Waals surface area contributed by atoms with Gasteiger partial charge in [0.25, 0.3) is 0 Å². The fraction of sp³-hybridized carbons (Fsp3) is 0.364. The van der Waals surface area contributed by atoms with E-state index in [4.69, 9.17) is 9.47 Å². The van der Waals surface area contributed by atoms with E-state index >= 15 is 0 Å². The molecule has 0 radical (unpaired) electrons. The van der Waals surface area contributed by atoms with Gasteiger partial charge in [-0.15, -0.1) is 0 Å². The monoisotopic (exact) mass is 421 g/mol. The summed E-state index contributed by atoms with van der Waals surface area (Å²) in [7, 11) is 1.39. The van der Waals surface area contributed by atoms with Crippen LogP contribution in [0.5, 0.6) is 5.75 Å². The normalized spacial score (nSPS) is 21.5. The van der Waals surface area contributed by atoms with Crippen molar-refractivity contribution < 1.29 is 32.2 Å². The number of para-hydroxylation sites is 1. The van der Waals surface area contributed by atoms with Gasteiger partial charge in [-0.2, -0.15) is 13.2 Å². The number of ether oxygens (including phenoxy) is 2. The number of rotatable bonds is 5. The van der Waals surface area contributed by atoms with E-state index in [0.717, 1.165) is 0 Å². The van der Waals surface area contributed by atoms with Gasteiger partial charge in [-0.1, -0.05) is 42.8 Å². The molecule has 1 saturated carbocycles. The molecular formula is C22H22F3NO4. The first-order valence-corrected chi connectivity index (χ1v) is 9.57. The third-order valence-corrected chi connectivity index (χ3v) is 5.28. The highest BCUT2D eigenvalue weighted by molar-refractivity contribution is 5.89. The van der Waals surface area contributed by atoms with Crippen molar-refractivity contribution in [3.05, 3.63) is 65.7 Å². The lowest BCUT2D eigenvalue weighted by Gasteiger charge is -2.44. The zero-order valence-corrected chi connectivity index (χ0v) is 16.4. The number of carbonyl (C=O) groups is 2. The lowest BCUT2D eigenvalue weighted by atomic mass is 9.73. The van der Waals surface area contributed by atoms with Crippen LogP contribution in [-0.2, 0) is 15.1 Å². The van der Waals surface area contributed by atoms with Crippen LogP contribution < -0.4 is 10.1 Å². The average molecular weight is 421 g/mol. The quantitative estimate of drug-likeness (QED) is 0.729. The minimum Gasteiger partial charge on any atom is -0.496 e. The molecule has 30 heavy (non-hydrogen) atoms. The Labute approximate surface area is 172 Å². The molecule has 2 atom stereocenters. The molecule has 0 aromatic heterocycles. The molecule has 3 rings (SSSR count). The van der Waals surface area contributed by atoms with Crippen LogP contribution in [0, 0.1) is 0 Å². The number of hydrogen-bond acceptors (Lipinski definition) is 4. The summed E-state index contributed by atoms with van der Waals surface area (Å²) < 4.78 is 50.6. The van der Waals surface area contributed by atoms with Gasteiger partial charge in [0, 0.05) is 5.56 Å². The number of alkyl halides is 3. The number of esters is 1. The highest BCUT2D eigenvalue weighted by Crippen LogP contribution is 2.43. The van der Waals surface area contributed by atoms with E-state index in [-0.39, 0.29) is 12.0 Å². The Morgan fingerprint density at radius 1 is 1.03 bits per heavy atom.